The smallest absolute Gasteiger partial charge is 0.139 e. The SMILES string of the molecule is COc1ccnc(-n2c3[c-]c(Oc4[c-]c(N5[CH-]N(C)c6ccccc65)ccn4)ccc3c3ccccc32)c1.[Pt]. The molecule has 0 saturated heterocycles. The quantitative estimate of drug-likeness (QED) is 0.188. The van der Waals surface area contributed by atoms with Crippen molar-refractivity contribution < 1.29 is 30.5 Å². The van der Waals surface area contributed by atoms with Gasteiger partial charge in [0.1, 0.15) is 17.4 Å². The molecule has 0 N–H and O–H groups in total. The molecule has 4 heterocycles. The molecule has 0 fully saturated rings. The average molecular weight is 692 g/mol. The summed E-state index contributed by atoms with van der Waals surface area (Å²) in [5, 5.41) is 2.16. The van der Waals surface area contributed by atoms with Gasteiger partial charge in [-0.1, -0.05) is 35.8 Å². The van der Waals surface area contributed by atoms with E-state index in [1.807, 2.05) is 68.3 Å². The van der Waals surface area contributed by atoms with Gasteiger partial charge in [0.25, 0.3) is 0 Å². The second-order valence-electron chi connectivity index (χ2n) is 8.94. The first-order valence-corrected chi connectivity index (χ1v) is 12.2. The maximum atomic E-state index is 6.20. The molecule has 196 valence electrons. The van der Waals surface area contributed by atoms with E-state index in [0.29, 0.717) is 11.6 Å². The third-order valence-corrected chi connectivity index (χ3v) is 6.67. The Hall–Kier alpha value is -4.35. The molecule has 1 aliphatic rings. The van der Waals surface area contributed by atoms with Crippen molar-refractivity contribution in [2.75, 3.05) is 24.0 Å². The Morgan fingerprint density at radius 2 is 1.62 bits per heavy atom. The van der Waals surface area contributed by atoms with Crippen molar-refractivity contribution in [3.05, 3.63) is 110 Å². The number of hydrogen-bond acceptors (Lipinski definition) is 6. The molecule has 0 spiro atoms. The van der Waals surface area contributed by atoms with Crippen LogP contribution in [0.1, 0.15) is 0 Å². The second kappa shape index (κ2) is 10.1. The van der Waals surface area contributed by atoms with E-state index < -0.39 is 0 Å². The molecular weight excluding hydrogens is 669 g/mol. The molecule has 3 aromatic carbocycles. The number of ether oxygens (including phenoxy) is 2. The van der Waals surface area contributed by atoms with Crippen molar-refractivity contribution in [3.63, 3.8) is 0 Å². The predicted octanol–water partition coefficient (Wildman–Crippen LogP) is 6.68. The fraction of sp³-hybridized carbons (Fsp3) is 0.0645. The van der Waals surface area contributed by atoms with E-state index in [1.165, 1.54) is 0 Å². The summed E-state index contributed by atoms with van der Waals surface area (Å²) >= 11 is 0. The number of anilines is 3. The molecule has 8 heteroatoms. The van der Waals surface area contributed by atoms with Gasteiger partial charge in [0, 0.05) is 56.0 Å². The molecule has 0 unspecified atom stereocenters. The predicted molar refractivity (Wildman–Crippen MR) is 148 cm³/mol. The van der Waals surface area contributed by atoms with E-state index in [1.54, 1.807) is 19.5 Å². The molecule has 39 heavy (non-hydrogen) atoms. The topological polar surface area (TPSA) is 55.7 Å². The Morgan fingerprint density at radius 3 is 2.49 bits per heavy atom. The van der Waals surface area contributed by atoms with Gasteiger partial charge in [-0.05, 0) is 42.9 Å². The molecule has 7 nitrogen and oxygen atoms in total. The summed E-state index contributed by atoms with van der Waals surface area (Å²) in [5.74, 6) is 2.37. The van der Waals surface area contributed by atoms with Crippen LogP contribution in [-0.4, -0.2) is 28.7 Å². The van der Waals surface area contributed by atoms with E-state index in [0.717, 1.165) is 50.4 Å². The van der Waals surface area contributed by atoms with Crippen LogP contribution < -0.4 is 19.3 Å². The normalized spacial score (nSPS) is 12.5. The number of pyridine rings is 2. The van der Waals surface area contributed by atoms with Crippen molar-refractivity contribution >= 4 is 38.9 Å². The summed E-state index contributed by atoms with van der Waals surface area (Å²) < 4.78 is 13.7. The Bertz CT molecular complexity index is 1820. The molecule has 0 aliphatic carbocycles. The molecule has 1 aliphatic heterocycles. The zero-order valence-electron chi connectivity index (χ0n) is 21.1. The molecular formula is C31H22N5O2Pt-3. The van der Waals surface area contributed by atoms with Crippen LogP contribution in [0, 0.1) is 18.8 Å². The first kappa shape index (κ1) is 25.0. The van der Waals surface area contributed by atoms with E-state index in [2.05, 4.69) is 60.7 Å². The molecule has 0 bridgehead atoms. The van der Waals surface area contributed by atoms with Gasteiger partial charge < -0.3 is 23.8 Å². The Labute approximate surface area is 240 Å². The van der Waals surface area contributed by atoms with Crippen LogP contribution in [0.5, 0.6) is 17.4 Å². The largest absolute Gasteiger partial charge is 0.504 e. The maximum absolute atomic E-state index is 6.20. The van der Waals surface area contributed by atoms with E-state index in [-0.39, 0.29) is 21.1 Å². The number of fused-ring (bicyclic) bond motifs is 4. The minimum Gasteiger partial charge on any atom is -0.504 e. The molecule has 0 atom stereocenters. The van der Waals surface area contributed by atoms with Crippen molar-refractivity contribution in [2.45, 2.75) is 0 Å². The van der Waals surface area contributed by atoms with Crippen molar-refractivity contribution in [1.82, 2.24) is 14.5 Å². The summed E-state index contributed by atoms with van der Waals surface area (Å²) in [7, 11) is 3.68. The number of benzene rings is 3. The first-order valence-electron chi connectivity index (χ1n) is 12.2. The standard InChI is InChI=1S/C31H22N5O2.Pt/c1-34-20-35(28-10-6-5-9-27(28)34)21-13-15-33-31(17-21)38-23-11-12-25-24-7-3-4-8-26(24)36(29(25)18-23)30-19-22(37-2)14-16-32-30;/h3-16,19-20H,1-2H3;/q-3;. The van der Waals surface area contributed by atoms with Crippen LogP contribution in [0.25, 0.3) is 27.6 Å². The zero-order valence-corrected chi connectivity index (χ0v) is 23.4. The second-order valence-corrected chi connectivity index (χ2v) is 8.94. The van der Waals surface area contributed by atoms with Gasteiger partial charge in [0.05, 0.1) is 7.11 Å². The summed E-state index contributed by atoms with van der Waals surface area (Å²) in [5.41, 5.74) is 4.91. The van der Waals surface area contributed by atoms with Crippen molar-refractivity contribution in [1.29, 1.82) is 0 Å². The summed E-state index contributed by atoms with van der Waals surface area (Å²) in [6.45, 7) is 2.03. The Morgan fingerprint density at radius 1 is 0.821 bits per heavy atom. The van der Waals surface area contributed by atoms with E-state index in [9.17, 15) is 0 Å². The van der Waals surface area contributed by atoms with Crippen LogP contribution in [0.15, 0.2) is 91.3 Å². The van der Waals surface area contributed by atoms with Crippen LogP contribution in [0.4, 0.5) is 17.1 Å². The van der Waals surface area contributed by atoms with Gasteiger partial charge in [0.15, 0.2) is 0 Å². The minimum absolute atomic E-state index is 0. The Balaban J connectivity index is 0.00000277. The fourth-order valence-electron chi connectivity index (χ4n) is 4.93. The molecule has 0 amide bonds. The van der Waals surface area contributed by atoms with Gasteiger partial charge >= 0.3 is 0 Å². The van der Waals surface area contributed by atoms with Crippen LogP contribution in [0.2, 0.25) is 0 Å². The van der Waals surface area contributed by atoms with Gasteiger partial charge in [0.2, 0.25) is 0 Å². The monoisotopic (exact) mass is 691 g/mol. The molecule has 3 aromatic heterocycles. The van der Waals surface area contributed by atoms with Gasteiger partial charge in [-0.15, -0.1) is 17.5 Å². The number of para-hydroxylation sites is 3. The molecule has 7 rings (SSSR count). The van der Waals surface area contributed by atoms with Crippen LogP contribution in [-0.2, 0) is 21.1 Å². The number of hydrogen-bond donors (Lipinski definition) is 0. The Kier molecular flexibility index (Phi) is 6.45. The fourth-order valence-corrected chi connectivity index (χ4v) is 4.93. The van der Waals surface area contributed by atoms with E-state index >= 15 is 0 Å². The van der Waals surface area contributed by atoms with Crippen molar-refractivity contribution in [3.8, 4) is 23.2 Å². The van der Waals surface area contributed by atoms with Gasteiger partial charge in [-0.3, -0.25) is 4.98 Å². The van der Waals surface area contributed by atoms with Gasteiger partial charge in [-0.2, -0.15) is 30.6 Å². The van der Waals surface area contributed by atoms with Crippen LogP contribution in [0.3, 0.4) is 0 Å². The number of methoxy groups -OCH3 is 1. The average Bonchev–Trinajstić information content (AvgIpc) is 3.48. The molecule has 0 radical (unpaired) electrons. The molecule has 6 aromatic rings. The van der Waals surface area contributed by atoms with Crippen LogP contribution >= 0.6 is 0 Å². The minimum atomic E-state index is 0. The summed E-state index contributed by atoms with van der Waals surface area (Å²) in [4.78, 5) is 13.2. The number of rotatable bonds is 5. The zero-order chi connectivity index (χ0) is 25.6. The third-order valence-electron chi connectivity index (χ3n) is 6.67. The number of aromatic nitrogens is 3. The van der Waals surface area contributed by atoms with Crippen molar-refractivity contribution in [2.24, 2.45) is 0 Å². The van der Waals surface area contributed by atoms with E-state index in [4.69, 9.17) is 9.47 Å². The number of nitrogens with zero attached hydrogens (tertiary/aromatic N) is 5. The summed E-state index contributed by atoms with van der Waals surface area (Å²) in [6, 6.07) is 32.8. The summed E-state index contributed by atoms with van der Waals surface area (Å²) in [6.07, 6.45) is 3.47. The molecule has 0 saturated carbocycles. The first-order chi connectivity index (χ1) is 18.7. The van der Waals surface area contributed by atoms with Gasteiger partial charge in [-0.25, -0.2) is 4.98 Å². The third kappa shape index (κ3) is 4.29. The maximum Gasteiger partial charge on any atom is 0.139 e.